The normalized spacial score (nSPS) is 12.7. The molecular formula is C15H15ClN2O4S. The Morgan fingerprint density at radius 2 is 1.83 bits per heavy atom. The van der Waals surface area contributed by atoms with Crippen LogP contribution in [0.5, 0.6) is 0 Å². The summed E-state index contributed by atoms with van der Waals surface area (Å²) in [6.07, 6.45) is 0. The van der Waals surface area contributed by atoms with Crippen LogP contribution in [-0.2, 0) is 10.0 Å². The maximum Gasteiger partial charge on any atom is 0.274 e. The van der Waals surface area contributed by atoms with Crippen molar-refractivity contribution in [1.82, 2.24) is 10.2 Å². The van der Waals surface area contributed by atoms with E-state index in [0.29, 0.717) is 10.6 Å². The van der Waals surface area contributed by atoms with Crippen LogP contribution in [0.15, 0.2) is 53.4 Å². The molecule has 2 aromatic rings. The molecule has 2 aromatic carbocycles. The second kappa shape index (κ2) is 7.10. The van der Waals surface area contributed by atoms with Crippen molar-refractivity contribution in [1.29, 1.82) is 0 Å². The molecule has 0 aliphatic heterocycles. The first-order chi connectivity index (χ1) is 10.8. The number of halogens is 1. The number of hydrogen-bond donors (Lipinski definition) is 3. The lowest BCUT2D eigenvalue weighted by Crippen LogP contribution is -2.27. The van der Waals surface area contributed by atoms with Crippen LogP contribution in [0.3, 0.4) is 0 Å². The van der Waals surface area contributed by atoms with Crippen molar-refractivity contribution in [2.75, 3.05) is 0 Å². The molecular weight excluding hydrogens is 340 g/mol. The lowest BCUT2D eigenvalue weighted by atomic mass is 10.1. The van der Waals surface area contributed by atoms with E-state index in [1.807, 2.05) is 0 Å². The van der Waals surface area contributed by atoms with Crippen molar-refractivity contribution in [3.8, 4) is 0 Å². The van der Waals surface area contributed by atoms with E-state index in [4.69, 9.17) is 16.8 Å². The highest BCUT2D eigenvalue weighted by Gasteiger charge is 2.18. The zero-order chi connectivity index (χ0) is 17.0. The fourth-order valence-corrected chi connectivity index (χ4v) is 3.52. The summed E-state index contributed by atoms with van der Waals surface area (Å²) in [5.74, 6) is -0.635. The highest BCUT2D eigenvalue weighted by atomic mass is 35.5. The Labute approximate surface area is 139 Å². The number of sulfonamides is 1. The molecule has 3 N–H and O–H groups in total. The van der Waals surface area contributed by atoms with Crippen molar-refractivity contribution in [2.45, 2.75) is 17.9 Å². The maximum absolute atomic E-state index is 12.3. The molecule has 0 heterocycles. The molecule has 0 saturated heterocycles. The molecule has 8 heteroatoms. The van der Waals surface area contributed by atoms with Gasteiger partial charge in [-0.2, -0.15) is 0 Å². The average Bonchev–Trinajstić information content (AvgIpc) is 2.54. The zero-order valence-electron chi connectivity index (χ0n) is 12.2. The lowest BCUT2D eigenvalue weighted by molar-refractivity contribution is 0.0706. The molecule has 1 atom stereocenters. The third kappa shape index (κ3) is 4.29. The molecule has 0 bridgehead atoms. The quantitative estimate of drug-likeness (QED) is 0.568. The molecule has 1 unspecified atom stereocenters. The fourth-order valence-electron chi connectivity index (χ4n) is 1.99. The molecule has 122 valence electrons. The summed E-state index contributed by atoms with van der Waals surface area (Å²) in [5.41, 5.74) is 2.47. The zero-order valence-corrected chi connectivity index (χ0v) is 13.7. The Bertz CT molecular complexity index is 806. The summed E-state index contributed by atoms with van der Waals surface area (Å²) in [5, 5.41) is 8.90. The maximum atomic E-state index is 12.3. The minimum absolute atomic E-state index is 0.0770. The van der Waals surface area contributed by atoms with E-state index in [-0.39, 0.29) is 10.5 Å². The summed E-state index contributed by atoms with van der Waals surface area (Å²) in [4.78, 5) is 11.3. The molecule has 0 fully saturated rings. The second-order valence-corrected chi connectivity index (χ2v) is 7.01. The minimum Gasteiger partial charge on any atom is -0.288 e. The topological polar surface area (TPSA) is 95.5 Å². The third-order valence-electron chi connectivity index (χ3n) is 3.21. The predicted molar refractivity (Wildman–Crippen MR) is 85.9 cm³/mol. The van der Waals surface area contributed by atoms with Crippen LogP contribution in [0.25, 0.3) is 0 Å². The van der Waals surface area contributed by atoms with Gasteiger partial charge in [-0.1, -0.05) is 29.8 Å². The molecule has 0 aromatic heterocycles. The molecule has 0 saturated carbocycles. The van der Waals surface area contributed by atoms with Gasteiger partial charge in [0.2, 0.25) is 10.0 Å². The molecule has 2 rings (SSSR count). The number of hydroxylamine groups is 1. The van der Waals surface area contributed by atoms with Crippen LogP contribution in [0, 0.1) is 0 Å². The van der Waals surface area contributed by atoms with Gasteiger partial charge in [0.25, 0.3) is 5.91 Å². The standard InChI is InChI=1S/C15H15ClN2O4S/c1-10(11-5-7-12(8-6-11)15(19)17-20)18-23(21,22)14-4-2-3-13(16)9-14/h2-10,18,20H,1H3,(H,17,19). The predicted octanol–water partition coefficient (Wildman–Crippen LogP) is 2.50. The summed E-state index contributed by atoms with van der Waals surface area (Å²) < 4.78 is 27.2. The van der Waals surface area contributed by atoms with E-state index in [0.717, 1.165) is 0 Å². The fraction of sp³-hybridized carbons (Fsp3) is 0.133. The van der Waals surface area contributed by atoms with Gasteiger partial charge in [0.15, 0.2) is 0 Å². The molecule has 6 nitrogen and oxygen atoms in total. The van der Waals surface area contributed by atoms with Crippen LogP contribution >= 0.6 is 11.6 Å². The first-order valence-electron chi connectivity index (χ1n) is 6.66. The van der Waals surface area contributed by atoms with Gasteiger partial charge in [-0.15, -0.1) is 0 Å². The second-order valence-electron chi connectivity index (χ2n) is 4.86. The number of carbonyl (C=O) groups excluding carboxylic acids is 1. The van der Waals surface area contributed by atoms with Crippen LogP contribution in [0.4, 0.5) is 0 Å². The van der Waals surface area contributed by atoms with E-state index in [2.05, 4.69) is 4.72 Å². The van der Waals surface area contributed by atoms with E-state index >= 15 is 0 Å². The highest BCUT2D eigenvalue weighted by Crippen LogP contribution is 2.19. The van der Waals surface area contributed by atoms with Gasteiger partial charge >= 0.3 is 0 Å². The SMILES string of the molecule is CC(NS(=O)(=O)c1cccc(Cl)c1)c1ccc(C(=O)NO)cc1. The lowest BCUT2D eigenvalue weighted by Gasteiger charge is -2.15. The molecule has 0 aliphatic carbocycles. The number of nitrogens with one attached hydrogen (secondary N) is 2. The monoisotopic (exact) mass is 354 g/mol. The Balaban J connectivity index is 2.18. The summed E-state index contributed by atoms with van der Waals surface area (Å²) in [6.45, 7) is 1.68. The summed E-state index contributed by atoms with van der Waals surface area (Å²) >= 11 is 5.81. The Kier molecular flexibility index (Phi) is 5.38. The van der Waals surface area contributed by atoms with Crippen LogP contribution < -0.4 is 10.2 Å². The third-order valence-corrected chi connectivity index (χ3v) is 4.99. The number of carbonyl (C=O) groups is 1. The Hall–Kier alpha value is -1.93. The molecule has 0 aliphatic rings. The van der Waals surface area contributed by atoms with Gasteiger partial charge in [0.05, 0.1) is 4.90 Å². The van der Waals surface area contributed by atoms with Gasteiger partial charge in [0.1, 0.15) is 0 Å². The Morgan fingerprint density at radius 3 is 2.39 bits per heavy atom. The van der Waals surface area contributed by atoms with Gasteiger partial charge in [-0.25, -0.2) is 18.6 Å². The number of amides is 1. The summed E-state index contributed by atoms with van der Waals surface area (Å²) in [7, 11) is -3.72. The smallest absolute Gasteiger partial charge is 0.274 e. The minimum atomic E-state index is -3.72. The van der Waals surface area contributed by atoms with E-state index in [1.54, 1.807) is 31.2 Å². The van der Waals surface area contributed by atoms with Crippen molar-refractivity contribution in [2.24, 2.45) is 0 Å². The molecule has 1 amide bonds. The van der Waals surface area contributed by atoms with E-state index in [1.165, 1.54) is 29.7 Å². The van der Waals surface area contributed by atoms with Crippen molar-refractivity contribution < 1.29 is 18.4 Å². The van der Waals surface area contributed by atoms with Gasteiger partial charge in [0, 0.05) is 16.6 Å². The molecule has 0 radical (unpaired) electrons. The van der Waals surface area contributed by atoms with Crippen LogP contribution in [0.1, 0.15) is 28.9 Å². The van der Waals surface area contributed by atoms with Gasteiger partial charge in [-0.3, -0.25) is 10.0 Å². The molecule has 23 heavy (non-hydrogen) atoms. The van der Waals surface area contributed by atoms with Crippen molar-refractivity contribution >= 4 is 27.5 Å². The van der Waals surface area contributed by atoms with E-state index < -0.39 is 22.0 Å². The molecule has 0 spiro atoms. The van der Waals surface area contributed by atoms with Crippen molar-refractivity contribution in [3.05, 3.63) is 64.7 Å². The first kappa shape index (κ1) is 17.4. The number of hydrogen-bond acceptors (Lipinski definition) is 4. The van der Waals surface area contributed by atoms with Crippen LogP contribution in [0.2, 0.25) is 5.02 Å². The van der Waals surface area contributed by atoms with Crippen LogP contribution in [-0.4, -0.2) is 19.5 Å². The van der Waals surface area contributed by atoms with E-state index in [9.17, 15) is 13.2 Å². The Morgan fingerprint density at radius 1 is 1.17 bits per heavy atom. The first-order valence-corrected chi connectivity index (χ1v) is 8.52. The summed E-state index contributed by atoms with van der Waals surface area (Å²) in [6, 6.07) is 11.7. The van der Waals surface area contributed by atoms with Gasteiger partial charge in [-0.05, 0) is 42.8 Å². The van der Waals surface area contributed by atoms with Crippen molar-refractivity contribution in [3.63, 3.8) is 0 Å². The largest absolute Gasteiger partial charge is 0.288 e. The number of rotatable bonds is 5. The van der Waals surface area contributed by atoms with Gasteiger partial charge < -0.3 is 0 Å². The average molecular weight is 355 g/mol. The highest BCUT2D eigenvalue weighted by molar-refractivity contribution is 7.89. The number of benzene rings is 2.